The van der Waals surface area contributed by atoms with Crippen molar-refractivity contribution in [2.45, 2.75) is 6.92 Å². The highest BCUT2D eigenvalue weighted by molar-refractivity contribution is 5.90. The zero-order chi connectivity index (χ0) is 11.7. The van der Waals surface area contributed by atoms with Crippen molar-refractivity contribution >= 4 is 11.6 Å². The van der Waals surface area contributed by atoms with Crippen molar-refractivity contribution in [2.24, 2.45) is 0 Å². The van der Waals surface area contributed by atoms with E-state index in [0.29, 0.717) is 17.1 Å². The van der Waals surface area contributed by atoms with E-state index in [1.54, 1.807) is 25.4 Å². The summed E-state index contributed by atoms with van der Waals surface area (Å²) < 4.78 is 11.7. The minimum atomic E-state index is -0.401. The summed E-state index contributed by atoms with van der Waals surface area (Å²) in [5, 5.41) is 0. The van der Waals surface area contributed by atoms with E-state index in [4.69, 9.17) is 4.74 Å². The molecule has 2 aromatic heterocycles. The average molecular weight is 220 g/mol. The molecule has 0 amide bonds. The highest BCUT2D eigenvalue weighted by atomic mass is 16.5. The molecule has 0 atom stereocenters. The number of hydrogen-bond acceptors (Lipinski definition) is 4. The second-order valence-corrected chi connectivity index (χ2v) is 3.37. The molecule has 0 spiro atoms. The number of methoxy groups -OCH3 is 2. The van der Waals surface area contributed by atoms with Crippen molar-refractivity contribution in [1.29, 1.82) is 0 Å². The Morgan fingerprint density at radius 2 is 2.12 bits per heavy atom. The maximum absolute atomic E-state index is 11.4. The van der Waals surface area contributed by atoms with Crippen molar-refractivity contribution in [3.63, 3.8) is 0 Å². The minimum absolute atomic E-state index is 0.401. The smallest absolute Gasteiger partial charge is 0.338 e. The molecule has 0 aliphatic rings. The molecular weight excluding hydrogens is 208 g/mol. The fourth-order valence-corrected chi connectivity index (χ4v) is 1.61. The van der Waals surface area contributed by atoms with Crippen LogP contribution in [-0.2, 0) is 4.74 Å². The lowest BCUT2D eigenvalue weighted by Crippen LogP contribution is -2.04. The molecule has 0 fully saturated rings. The van der Waals surface area contributed by atoms with Crippen molar-refractivity contribution in [1.82, 2.24) is 9.38 Å². The molecule has 5 heteroatoms. The first kappa shape index (κ1) is 10.5. The summed E-state index contributed by atoms with van der Waals surface area (Å²) in [6.45, 7) is 1.92. The molecule has 2 heterocycles. The van der Waals surface area contributed by atoms with Crippen LogP contribution in [0.2, 0.25) is 0 Å². The van der Waals surface area contributed by atoms with Gasteiger partial charge in [-0.2, -0.15) is 0 Å². The lowest BCUT2D eigenvalue weighted by molar-refractivity contribution is 0.0600. The van der Waals surface area contributed by atoms with Crippen molar-refractivity contribution in [2.75, 3.05) is 14.2 Å². The van der Waals surface area contributed by atoms with Gasteiger partial charge in [0.2, 0.25) is 0 Å². The third-order valence-corrected chi connectivity index (χ3v) is 2.38. The molecule has 0 N–H and O–H groups in total. The molecule has 2 rings (SSSR count). The Balaban J connectivity index is 2.69. The van der Waals surface area contributed by atoms with E-state index < -0.39 is 5.97 Å². The Kier molecular flexibility index (Phi) is 2.52. The number of fused-ring (bicyclic) bond motifs is 1. The SMILES string of the molecule is COC(=O)c1cc(OC)n2c(C)cnc2c1. The first-order valence-electron chi connectivity index (χ1n) is 4.77. The zero-order valence-corrected chi connectivity index (χ0v) is 9.35. The van der Waals surface area contributed by atoms with E-state index >= 15 is 0 Å². The Labute approximate surface area is 92.6 Å². The molecule has 0 bridgehead atoms. The van der Waals surface area contributed by atoms with Gasteiger partial charge in [-0.25, -0.2) is 9.78 Å². The number of imidazole rings is 1. The predicted molar refractivity (Wildman–Crippen MR) is 57.8 cm³/mol. The maximum atomic E-state index is 11.4. The van der Waals surface area contributed by atoms with Crippen LogP contribution in [0.1, 0.15) is 16.1 Å². The van der Waals surface area contributed by atoms with Gasteiger partial charge in [-0.1, -0.05) is 0 Å². The summed E-state index contributed by atoms with van der Waals surface area (Å²) in [6.07, 6.45) is 1.72. The second-order valence-electron chi connectivity index (χ2n) is 3.37. The number of ether oxygens (including phenoxy) is 2. The fraction of sp³-hybridized carbons (Fsp3) is 0.273. The largest absolute Gasteiger partial charge is 0.482 e. The summed E-state index contributed by atoms with van der Waals surface area (Å²) in [5.74, 6) is 0.161. The lowest BCUT2D eigenvalue weighted by Gasteiger charge is -2.07. The number of carbonyl (C=O) groups is 1. The highest BCUT2D eigenvalue weighted by Crippen LogP contribution is 2.20. The first-order valence-corrected chi connectivity index (χ1v) is 4.77. The van der Waals surface area contributed by atoms with Gasteiger partial charge in [-0.05, 0) is 13.0 Å². The number of carbonyl (C=O) groups excluding carboxylic acids is 1. The van der Waals surface area contributed by atoms with Crippen molar-refractivity contribution in [3.8, 4) is 5.88 Å². The van der Waals surface area contributed by atoms with Gasteiger partial charge in [-0.15, -0.1) is 0 Å². The van der Waals surface area contributed by atoms with Crippen LogP contribution in [0.3, 0.4) is 0 Å². The van der Waals surface area contributed by atoms with Gasteiger partial charge >= 0.3 is 5.97 Å². The Hall–Kier alpha value is -2.04. The molecule has 16 heavy (non-hydrogen) atoms. The van der Waals surface area contributed by atoms with Crippen LogP contribution in [0.5, 0.6) is 5.88 Å². The zero-order valence-electron chi connectivity index (χ0n) is 9.35. The number of nitrogens with zero attached hydrogens (tertiary/aromatic N) is 2. The first-order chi connectivity index (χ1) is 7.67. The Morgan fingerprint density at radius 3 is 2.75 bits per heavy atom. The van der Waals surface area contributed by atoms with Crippen LogP contribution in [0, 0.1) is 6.92 Å². The van der Waals surface area contributed by atoms with Crippen LogP contribution in [0.25, 0.3) is 5.65 Å². The lowest BCUT2D eigenvalue weighted by atomic mass is 10.2. The normalized spacial score (nSPS) is 10.4. The summed E-state index contributed by atoms with van der Waals surface area (Å²) in [7, 11) is 2.89. The quantitative estimate of drug-likeness (QED) is 0.718. The summed E-state index contributed by atoms with van der Waals surface area (Å²) in [4.78, 5) is 15.6. The van der Waals surface area contributed by atoms with Crippen LogP contribution in [-0.4, -0.2) is 29.6 Å². The highest BCUT2D eigenvalue weighted by Gasteiger charge is 2.12. The molecule has 0 saturated carbocycles. The molecule has 0 unspecified atom stereocenters. The summed E-state index contributed by atoms with van der Waals surface area (Å²) >= 11 is 0. The number of pyridine rings is 1. The molecule has 0 aliphatic heterocycles. The van der Waals surface area contributed by atoms with Crippen LogP contribution in [0.4, 0.5) is 0 Å². The average Bonchev–Trinajstić information content (AvgIpc) is 2.69. The molecule has 0 aromatic carbocycles. The molecule has 0 radical (unpaired) electrons. The molecule has 2 aromatic rings. The van der Waals surface area contributed by atoms with Gasteiger partial charge in [0.15, 0.2) is 5.88 Å². The van der Waals surface area contributed by atoms with Gasteiger partial charge in [0.1, 0.15) is 5.65 Å². The number of esters is 1. The third-order valence-electron chi connectivity index (χ3n) is 2.38. The van der Waals surface area contributed by atoms with Crippen molar-refractivity contribution < 1.29 is 14.3 Å². The van der Waals surface area contributed by atoms with Gasteiger partial charge in [0.05, 0.1) is 19.8 Å². The number of rotatable bonds is 2. The number of aromatic nitrogens is 2. The number of aryl methyl sites for hydroxylation is 1. The second kappa shape index (κ2) is 3.84. The third kappa shape index (κ3) is 1.50. The minimum Gasteiger partial charge on any atom is -0.482 e. The molecule has 84 valence electrons. The molecular formula is C11H12N2O3. The van der Waals surface area contributed by atoms with E-state index in [9.17, 15) is 4.79 Å². The predicted octanol–water partition coefficient (Wildman–Crippen LogP) is 1.44. The number of hydrogen-bond donors (Lipinski definition) is 0. The molecule has 5 nitrogen and oxygen atoms in total. The standard InChI is InChI=1S/C11H12N2O3/c1-7-6-12-9-4-8(11(14)16-3)5-10(15-2)13(7)9/h4-6H,1-3H3. The van der Waals surface area contributed by atoms with E-state index in [1.165, 1.54) is 7.11 Å². The van der Waals surface area contributed by atoms with Crippen molar-refractivity contribution in [3.05, 3.63) is 29.6 Å². The Morgan fingerprint density at radius 1 is 1.38 bits per heavy atom. The Bertz CT molecular complexity index is 545. The van der Waals surface area contributed by atoms with Crippen LogP contribution in [0.15, 0.2) is 18.3 Å². The summed E-state index contributed by atoms with van der Waals surface area (Å²) in [6, 6.07) is 3.30. The van der Waals surface area contributed by atoms with Gasteiger partial charge < -0.3 is 9.47 Å². The summed E-state index contributed by atoms with van der Waals surface area (Å²) in [5.41, 5.74) is 2.04. The topological polar surface area (TPSA) is 52.8 Å². The van der Waals surface area contributed by atoms with E-state index in [-0.39, 0.29) is 0 Å². The van der Waals surface area contributed by atoms with Gasteiger partial charge in [0.25, 0.3) is 0 Å². The monoisotopic (exact) mass is 220 g/mol. The van der Waals surface area contributed by atoms with E-state index in [2.05, 4.69) is 9.72 Å². The molecule has 0 saturated heterocycles. The molecule has 0 aliphatic carbocycles. The van der Waals surface area contributed by atoms with Gasteiger partial charge in [-0.3, -0.25) is 4.40 Å². The van der Waals surface area contributed by atoms with Gasteiger partial charge in [0, 0.05) is 18.0 Å². The fourth-order valence-electron chi connectivity index (χ4n) is 1.61. The van der Waals surface area contributed by atoms with Crippen LogP contribution >= 0.6 is 0 Å². The van der Waals surface area contributed by atoms with E-state index in [1.807, 2.05) is 11.3 Å². The maximum Gasteiger partial charge on any atom is 0.338 e. The van der Waals surface area contributed by atoms with Crippen LogP contribution < -0.4 is 4.74 Å². The van der Waals surface area contributed by atoms with E-state index in [0.717, 1.165) is 5.69 Å².